The van der Waals surface area contributed by atoms with Gasteiger partial charge in [0.15, 0.2) is 0 Å². The predicted molar refractivity (Wildman–Crippen MR) is 89.5 cm³/mol. The Morgan fingerprint density at radius 2 is 1.85 bits per heavy atom. The second-order valence-electron chi connectivity index (χ2n) is 4.67. The number of thioether (sulfide) groups is 1. The smallest absolute Gasteiger partial charge is 0.0462 e. The number of benzene rings is 2. The van der Waals surface area contributed by atoms with Crippen molar-refractivity contribution in [1.82, 2.24) is 5.32 Å². The van der Waals surface area contributed by atoms with E-state index in [1.807, 2.05) is 30.0 Å². The molecule has 20 heavy (non-hydrogen) atoms. The van der Waals surface area contributed by atoms with E-state index in [0.29, 0.717) is 0 Å². The maximum absolute atomic E-state index is 6.34. The molecule has 0 fully saturated rings. The van der Waals surface area contributed by atoms with E-state index in [4.69, 9.17) is 11.6 Å². The van der Waals surface area contributed by atoms with Crippen molar-refractivity contribution in [1.29, 1.82) is 0 Å². The number of hydrogen-bond acceptors (Lipinski definition) is 2. The third-order valence-electron chi connectivity index (χ3n) is 3.04. The van der Waals surface area contributed by atoms with Gasteiger partial charge < -0.3 is 5.32 Å². The predicted octanol–water partition coefficient (Wildman–Crippen LogP) is 5.13. The molecule has 0 heterocycles. The van der Waals surface area contributed by atoms with Crippen molar-refractivity contribution >= 4 is 23.4 Å². The minimum atomic E-state index is 0.838. The first-order chi connectivity index (χ1) is 9.81. The van der Waals surface area contributed by atoms with Gasteiger partial charge in [-0.05, 0) is 36.2 Å². The summed E-state index contributed by atoms with van der Waals surface area (Å²) in [5, 5.41) is 4.29. The normalized spacial score (nSPS) is 10.7. The lowest BCUT2D eigenvalue weighted by atomic mass is 10.2. The molecule has 0 spiro atoms. The summed E-state index contributed by atoms with van der Waals surface area (Å²) in [4.78, 5) is 1.27. The average molecular weight is 306 g/mol. The summed E-state index contributed by atoms with van der Waals surface area (Å²) >= 11 is 8.18. The second-order valence-corrected chi connectivity index (χ2v) is 6.09. The molecule has 0 unspecified atom stereocenters. The van der Waals surface area contributed by atoms with E-state index in [1.165, 1.54) is 16.0 Å². The van der Waals surface area contributed by atoms with Gasteiger partial charge in [-0.2, -0.15) is 0 Å². The van der Waals surface area contributed by atoms with Crippen LogP contribution in [0.1, 0.15) is 24.5 Å². The number of rotatable bonds is 7. The molecule has 0 aromatic heterocycles. The Morgan fingerprint density at radius 1 is 1.05 bits per heavy atom. The molecule has 2 aromatic carbocycles. The molecule has 0 atom stereocenters. The lowest BCUT2D eigenvalue weighted by molar-refractivity contribution is 0.669. The summed E-state index contributed by atoms with van der Waals surface area (Å²) in [6.07, 6.45) is 1.14. The molecule has 1 N–H and O–H groups in total. The van der Waals surface area contributed by atoms with Crippen molar-refractivity contribution in [2.75, 3.05) is 6.54 Å². The molecule has 0 radical (unpaired) electrons. The molecule has 106 valence electrons. The lowest BCUT2D eigenvalue weighted by Crippen LogP contribution is -2.14. The van der Waals surface area contributed by atoms with Crippen molar-refractivity contribution in [2.45, 2.75) is 30.5 Å². The van der Waals surface area contributed by atoms with Crippen LogP contribution in [0.25, 0.3) is 0 Å². The van der Waals surface area contributed by atoms with Crippen LogP contribution in [0.15, 0.2) is 53.4 Å². The summed E-state index contributed by atoms with van der Waals surface area (Å²) in [6.45, 7) is 4.03. The summed E-state index contributed by atoms with van der Waals surface area (Å²) in [5.74, 6) is 0.974. The molecule has 1 nitrogen and oxygen atoms in total. The zero-order valence-electron chi connectivity index (χ0n) is 11.7. The maximum Gasteiger partial charge on any atom is 0.0462 e. The van der Waals surface area contributed by atoms with Gasteiger partial charge in [-0.15, -0.1) is 11.8 Å². The number of halogens is 1. The summed E-state index contributed by atoms with van der Waals surface area (Å²) in [5.41, 5.74) is 2.55. The first-order valence-electron chi connectivity index (χ1n) is 6.96. The topological polar surface area (TPSA) is 12.0 Å². The molecule has 0 aliphatic carbocycles. The van der Waals surface area contributed by atoms with Gasteiger partial charge in [-0.3, -0.25) is 0 Å². The van der Waals surface area contributed by atoms with Gasteiger partial charge in [0.1, 0.15) is 0 Å². The Balaban J connectivity index is 2.04. The van der Waals surface area contributed by atoms with Gasteiger partial charge in [0, 0.05) is 22.2 Å². The maximum atomic E-state index is 6.34. The van der Waals surface area contributed by atoms with Gasteiger partial charge in [0.25, 0.3) is 0 Å². The Hall–Kier alpha value is -0.960. The molecule has 0 saturated carbocycles. The van der Waals surface area contributed by atoms with Crippen molar-refractivity contribution < 1.29 is 0 Å². The molecule has 0 bridgehead atoms. The van der Waals surface area contributed by atoms with Gasteiger partial charge >= 0.3 is 0 Å². The van der Waals surface area contributed by atoms with Crippen molar-refractivity contribution in [3.63, 3.8) is 0 Å². The molecular weight excluding hydrogens is 286 g/mol. The molecule has 0 saturated heterocycles. The van der Waals surface area contributed by atoms with Crippen LogP contribution in [-0.4, -0.2) is 6.54 Å². The number of hydrogen-bond donors (Lipinski definition) is 1. The van der Waals surface area contributed by atoms with E-state index < -0.39 is 0 Å². The highest BCUT2D eigenvalue weighted by Crippen LogP contribution is 2.30. The van der Waals surface area contributed by atoms with Crippen LogP contribution < -0.4 is 5.32 Å². The van der Waals surface area contributed by atoms with Gasteiger partial charge in [0.2, 0.25) is 0 Å². The van der Waals surface area contributed by atoms with Crippen LogP contribution in [0.5, 0.6) is 0 Å². The molecule has 2 rings (SSSR count). The molecular formula is C17H20ClNS. The minimum Gasteiger partial charge on any atom is -0.313 e. The molecule has 0 amide bonds. The van der Waals surface area contributed by atoms with E-state index >= 15 is 0 Å². The zero-order valence-corrected chi connectivity index (χ0v) is 13.3. The Labute approximate surface area is 130 Å². The fourth-order valence-corrected chi connectivity index (χ4v) is 3.31. The van der Waals surface area contributed by atoms with E-state index in [1.54, 1.807) is 0 Å². The van der Waals surface area contributed by atoms with Crippen LogP contribution in [-0.2, 0) is 12.3 Å². The first kappa shape index (κ1) is 15.4. The van der Waals surface area contributed by atoms with Crippen LogP contribution in [0, 0.1) is 0 Å². The van der Waals surface area contributed by atoms with Gasteiger partial charge in [-0.1, -0.05) is 54.9 Å². The lowest BCUT2D eigenvalue weighted by Gasteiger charge is -2.12. The molecule has 2 aromatic rings. The highest BCUT2D eigenvalue weighted by molar-refractivity contribution is 7.98. The monoisotopic (exact) mass is 305 g/mol. The van der Waals surface area contributed by atoms with E-state index in [9.17, 15) is 0 Å². The summed E-state index contributed by atoms with van der Waals surface area (Å²) in [7, 11) is 0. The van der Waals surface area contributed by atoms with E-state index in [2.05, 4.69) is 42.6 Å². The average Bonchev–Trinajstić information content (AvgIpc) is 2.48. The molecule has 3 heteroatoms. The van der Waals surface area contributed by atoms with Crippen molar-refractivity contribution in [3.05, 3.63) is 64.7 Å². The first-order valence-corrected chi connectivity index (χ1v) is 8.32. The van der Waals surface area contributed by atoms with Crippen LogP contribution in [0.3, 0.4) is 0 Å². The van der Waals surface area contributed by atoms with Gasteiger partial charge in [0.05, 0.1) is 0 Å². The Morgan fingerprint density at radius 3 is 2.60 bits per heavy atom. The summed E-state index contributed by atoms with van der Waals surface area (Å²) in [6, 6.07) is 16.7. The van der Waals surface area contributed by atoms with E-state index in [-0.39, 0.29) is 0 Å². The SMILES string of the molecule is CCCNCc1c(Cl)cccc1SCc1ccccc1. The van der Waals surface area contributed by atoms with Crippen LogP contribution >= 0.6 is 23.4 Å². The quantitative estimate of drug-likeness (QED) is 0.562. The highest BCUT2D eigenvalue weighted by atomic mass is 35.5. The standard InChI is InChI=1S/C17H20ClNS/c1-2-11-19-12-15-16(18)9-6-10-17(15)20-13-14-7-4-3-5-8-14/h3-10,19H,2,11-13H2,1H3. The van der Waals surface area contributed by atoms with Crippen molar-refractivity contribution in [3.8, 4) is 0 Å². The zero-order chi connectivity index (χ0) is 14.2. The molecule has 0 aliphatic rings. The number of nitrogens with one attached hydrogen (secondary N) is 1. The van der Waals surface area contributed by atoms with Crippen LogP contribution in [0.2, 0.25) is 5.02 Å². The Kier molecular flexibility index (Phi) is 6.44. The third-order valence-corrected chi connectivity index (χ3v) is 4.57. The van der Waals surface area contributed by atoms with Gasteiger partial charge in [-0.25, -0.2) is 0 Å². The molecule has 0 aliphatic heterocycles. The summed E-state index contributed by atoms with van der Waals surface area (Å²) < 4.78 is 0. The fraction of sp³-hybridized carbons (Fsp3) is 0.294. The van der Waals surface area contributed by atoms with Crippen LogP contribution in [0.4, 0.5) is 0 Å². The highest BCUT2D eigenvalue weighted by Gasteiger charge is 2.07. The van der Waals surface area contributed by atoms with E-state index in [0.717, 1.165) is 30.3 Å². The third kappa shape index (κ3) is 4.55. The Bertz CT molecular complexity index is 528. The largest absolute Gasteiger partial charge is 0.313 e. The fourth-order valence-electron chi connectivity index (χ4n) is 1.97. The second kappa shape index (κ2) is 8.35. The minimum absolute atomic E-state index is 0.838. The van der Waals surface area contributed by atoms with Crippen molar-refractivity contribution in [2.24, 2.45) is 0 Å².